The summed E-state index contributed by atoms with van der Waals surface area (Å²) in [4.78, 5) is 28.8. The first-order chi connectivity index (χ1) is 19.9. The number of carbonyl (C=O) groups excluding carboxylic acids is 2. The van der Waals surface area contributed by atoms with Gasteiger partial charge in [0.05, 0.1) is 30.2 Å². The van der Waals surface area contributed by atoms with E-state index < -0.39 is 0 Å². The fraction of sp³-hybridized carbons (Fsp3) is 0.314. The van der Waals surface area contributed by atoms with Crippen molar-refractivity contribution in [2.24, 2.45) is 17.8 Å². The van der Waals surface area contributed by atoms with E-state index in [1.54, 1.807) is 6.07 Å². The lowest BCUT2D eigenvalue weighted by molar-refractivity contribution is -0.122. The Balaban J connectivity index is 1.16. The van der Waals surface area contributed by atoms with E-state index in [1.807, 2.05) is 72.8 Å². The molecule has 210 valence electrons. The first kappa shape index (κ1) is 27.0. The molecule has 4 atom stereocenters. The van der Waals surface area contributed by atoms with Crippen molar-refractivity contribution < 1.29 is 19.4 Å². The number of nitrogens with one attached hydrogen (secondary N) is 1. The number of benzene rings is 3. The monoisotopic (exact) mass is 548 g/mol. The van der Waals surface area contributed by atoms with Crippen LogP contribution in [0.4, 0.5) is 17.1 Å². The van der Waals surface area contributed by atoms with Gasteiger partial charge in [-0.2, -0.15) is 0 Å². The molecular weight excluding hydrogens is 512 g/mol. The summed E-state index contributed by atoms with van der Waals surface area (Å²) in [7, 11) is 0. The molecule has 6 rings (SSSR count). The van der Waals surface area contributed by atoms with E-state index >= 15 is 0 Å². The molecule has 0 aromatic heterocycles. The molecule has 6 heteroatoms. The minimum atomic E-state index is -0.379. The van der Waals surface area contributed by atoms with Gasteiger partial charge in [0.15, 0.2) is 0 Å². The second-order valence-electron chi connectivity index (χ2n) is 11.3. The Morgan fingerprint density at radius 1 is 0.951 bits per heavy atom. The molecule has 0 unspecified atom stereocenters. The van der Waals surface area contributed by atoms with Crippen molar-refractivity contribution in [3.05, 3.63) is 101 Å². The SMILES string of the molecule is CC/C(=C\c1ccccc1O)CC[C@H]1OC[C@H]2C1=C(C)C[C@H]1C(=O)N(c3ccc(Nc4ccccc4)cc3)C(=O)[C@H]12. The highest BCUT2D eigenvalue weighted by molar-refractivity contribution is 6.22. The minimum Gasteiger partial charge on any atom is -0.507 e. The lowest BCUT2D eigenvalue weighted by Gasteiger charge is -2.30. The molecule has 0 spiro atoms. The number of anilines is 3. The molecule has 6 nitrogen and oxygen atoms in total. The third-order valence-electron chi connectivity index (χ3n) is 8.82. The molecule has 2 aliphatic heterocycles. The molecule has 2 heterocycles. The van der Waals surface area contributed by atoms with E-state index in [9.17, 15) is 14.7 Å². The maximum Gasteiger partial charge on any atom is 0.238 e. The number of ether oxygens (including phenoxy) is 1. The van der Waals surface area contributed by atoms with Gasteiger partial charge in [-0.05, 0) is 80.6 Å². The Bertz CT molecular complexity index is 1510. The number of para-hydroxylation sites is 2. The molecule has 0 bridgehead atoms. The van der Waals surface area contributed by atoms with Gasteiger partial charge >= 0.3 is 0 Å². The average molecular weight is 549 g/mol. The van der Waals surface area contributed by atoms with Gasteiger partial charge in [0.1, 0.15) is 5.75 Å². The predicted octanol–water partition coefficient (Wildman–Crippen LogP) is 7.25. The molecule has 2 saturated heterocycles. The highest BCUT2D eigenvalue weighted by Gasteiger charge is 2.56. The van der Waals surface area contributed by atoms with Crippen molar-refractivity contribution >= 4 is 35.0 Å². The number of nitrogens with zero attached hydrogens (tertiary/aromatic N) is 1. The number of rotatable bonds is 8. The van der Waals surface area contributed by atoms with Crippen molar-refractivity contribution in [3.63, 3.8) is 0 Å². The molecular formula is C35H36N2O4. The summed E-state index contributed by atoms with van der Waals surface area (Å²) in [6.45, 7) is 4.70. The number of hydrogen-bond acceptors (Lipinski definition) is 5. The van der Waals surface area contributed by atoms with E-state index in [0.29, 0.717) is 18.7 Å². The van der Waals surface area contributed by atoms with Crippen molar-refractivity contribution in [3.8, 4) is 5.75 Å². The molecule has 2 fully saturated rings. The Morgan fingerprint density at radius 3 is 2.39 bits per heavy atom. The van der Waals surface area contributed by atoms with Crippen molar-refractivity contribution in [2.45, 2.75) is 45.6 Å². The van der Waals surface area contributed by atoms with E-state index in [0.717, 1.165) is 36.2 Å². The number of fused-ring (bicyclic) bond motifs is 3. The van der Waals surface area contributed by atoms with Crippen LogP contribution in [0.5, 0.6) is 5.75 Å². The molecule has 2 N–H and O–H groups in total. The third kappa shape index (κ3) is 5.20. The van der Waals surface area contributed by atoms with Crippen LogP contribution in [0.15, 0.2) is 95.6 Å². The van der Waals surface area contributed by atoms with Gasteiger partial charge in [-0.25, -0.2) is 0 Å². The Morgan fingerprint density at radius 2 is 1.66 bits per heavy atom. The minimum absolute atomic E-state index is 0.0550. The highest BCUT2D eigenvalue weighted by Crippen LogP contribution is 2.50. The largest absolute Gasteiger partial charge is 0.507 e. The van der Waals surface area contributed by atoms with Crippen LogP contribution in [-0.4, -0.2) is 29.6 Å². The molecule has 0 radical (unpaired) electrons. The van der Waals surface area contributed by atoms with Gasteiger partial charge in [-0.3, -0.25) is 14.5 Å². The van der Waals surface area contributed by atoms with Gasteiger partial charge in [0, 0.05) is 22.9 Å². The number of phenols is 1. The summed E-state index contributed by atoms with van der Waals surface area (Å²) in [6, 6.07) is 24.8. The number of imide groups is 1. The maximum atomic E-state index is 13.8. The van der Waals surface area contributed by atoms with E-state index in [1.165, 1.54) is 21.6 Å². The summed E-state index contributed by atoms with van der Waals surface area (Å²) in [5, 5.41) is 13.5. The maximum absolute atomic E-state index is 13.8. The average Bonchev–Trinajstić information content (AvgIpc) is 3.52. The first-order valence-electron chi connectivity index (χ1n) is 14.5. The number of amides is 2. The van der Waals surface area contributed by atoms with Gasteiger partial charge in [-0.15, -0.1) is 0 Å². The van der Waals surface area contributed by atoms with Gasteiger partial charge < -0.3 is 15.2 Å². The highest BCUT2D eigenvalue weighted by atomic mass is 16.5. The lowest BCUT2D eigenvalue weighted by atomic mass is 9.70. The Kier molecular flexibility index (Phi) is 7.50. The fourth-order valence-corrected chi connectivity index (χ4v) is 6.76. The smallest absolute Gasteiger partial charge is 0.238 e. The Hall–Kier alpha value is -4.16. The van der Waals surface area contributed by atoms with Crippen LogP contribution in [-0.2, 0) is 14.3 Å². The number of phenolic OH excluding ortho intramolecular Hbond substituents is 1. The zero-order chi connectivity index (χ0) is 28.5. The molecule has 2 amide bonds. The van der Waals surface area contributed by atoms with Crippen molar-refractivity contribution in [1.82, 2.24) is 0 Å². The zero-order valence-electron chi connectivity index (χ0n) is 23.5. The number of hydrogen-bond donors (Lipinski definition) is 2. The number of carbonyl (C=O) groups is 2. The van der Waals surface area contributed by atoms with Crippen LogP contribution < -0.4 is 10.2 Å². The fourth-order valence-electron chi connectivity index (χ4n) is 6.76. The molecule has 1 aliphatic carbocycles. The topological polar surface area (TPSA) is 78.9 Å². The molecule has 41 heavy (non-hydrogen) atoms. The van der Waals surface area contributed by atoms with E-state index in [4.69, 9.17) is 4.74 Å². The van der Waals surface area contributed by atoms with E-state index in [2.05, 4.69) is 25.2 Å². The van der Waals surface area contributed by atoms with Crippen LogP contribution in [0, 0.1) is 17.8 Å². The van der Waals surface area contributed by atoms with Crippen LogP contribution in [0.1, 0.15) is 45.1 Å². The van der Waals surface area contributed by atoms with Crippen LogP contribution in [0.3, 0.4) is 0 Å². The molecule has 3 aromatic carbocycles. The molecule has 3 aliphatic rings. The van der Waals surface area contributed by atoms with Gasteiger partial charge in [-0.1, -0.05) is 60.5 Å². The van der Waals surface area contributed by atoms with E-state index in [-0.39, 0.29) is 41.4 Å². The van der Waals surface area contributed by atoms with Crippen molar-refractivity contribution in [2.75, 3.05) is 16.8 Å². The van der Waals surface area contributed by atoms with Crippen molar-refractivity contribution in [1.29, 1.82) is 0 Å². The third-order valence-corrected chi connectivity index (χ3v) is 8.82. The predicted molar refractivity (Wildman–Crippen MR) is 162 cm³/mol. The first-order valence-corrected chi connectivity index (χ1v) is 14.5. The molecule has 0 saturated carbocycles. The normalized spacial score (nSPS) is 24.0. The zero-order valence-corrected chi connectivity index (χ0v) is 23.5. The van der Waals surface area contributed by atoms with Gasteiger partial charge in [0.25, 0.3) is 0 Å². The summed E-state index contributed by atoms with van der Waals surface area (Å²) in [5.41, 5.74) is 6.96. The number of allylic oxidation sites excluding steroid dienone is 2. The number of aromatic hydroxyl groups is 1. The molecule has 3 aromatic rings. The lowest BCUT2D eigenvalue weighted by Crippen LogP contribution is -2.34. The quantitative estimate of drug-likeness (QED) is 0.229. The Labute approximate surface area is 241 Å². The standard InChI is InChI=1S/C35H36N2O4/c1-3-23(20-24-9-7-8-12-30(24)38)13-18-31-32-22(2)19-28-33(29(32)21-41-31)35(40)37(34(28)39)27-16-14-26(15-17-27)36-25-10-5-4-6-11-25/h4-12,14-17,20,28-29,31,33,36,38H,3,13,18-19,21H2,1-2H3/b23-20+/t28-,29+,31-,33-/m1/s1. The second kappa shape index (κ2) is 11.4. The van der Waals surface area contributed by atoms with Crippen LogP contribution in [0.25, 0.3) is 6.08 Å². The van der Waals surface area contributed by atoms with Crippen LogP contribution in [0.2, 0.25) is 0 Å². The summed E-state index contributed by atoms with van der Waals surface area (Å²) in [6.07, 6.45) is 5.15. The summed E-state index contributed by atoms with van der Waals surface area (Å²) < 4.78 is 6.32. The summed E-state index contributed by atoms with van der Waals surface area (Å²) in [5.74, 6) is -0.722. The van der Waals surface area contributed by atoms with Crippen LogP contribution >= 0.6 is 0 Å². The van der Waals surface area contributed by atoms with Gasteiger partial charge in [0.2, 0.25) is 11.8 Å². The summed E-state index contributed by atoms with van der Waals surface area (Å²) >= 11 is 0. The second-order valence-corrected chi connectivity index (χ2v) is 11.3.